The van der Waals surface area contributed by atoms with E-state index in [1.54, 1.807) is 0 Å². The topological polar surface area (TPSA) is 9.23 Å². The summed E-state index contributed by atoms with van der Waals surface area (Å²) in [6.07, 6.45) is 2.95. The third kappa shape index (κ3) is 2.59. The second-order valence-electron chi connectivity index (χ2n) is 3.42. The van der Waals surface area contributed by atoms with Crippen LogP contribution in [0.1, 0.15) is 26.7 Å². The Morgan fingerprint density at radius 1 is 1.50 bits per heavy atom. The maximum Gasteiger partial charge on any atom is 0.0596 e. The Hall–Kier alpha value is 0.440. The standard InChI is InChI=1S/C8H15BrO/c1-6(2)5-10-8-3-7(9)4-8/h6-8H,3-5H2,1-2H3. The molecule has 60 valence electrons. The molecule has 2 heteroatoms. The minimum Gasteiger partial charge on any atom is -0.378 e. The molecule has 0 saturated heterocycles. The van der Waals surface area contributed by atoms with Crippen molar-refractivity contribution in [3.63, 3.8) is 0 Å². The molecular weight excluding hydrogens is 192 g/mol. The van der Waals surface area contributed by atoms with Crippen LogP contribution in [0.5, 0.6) is 0 Å². The van der Waals surface area contributed by atoms with Crippen LogP contribution < -0.4 is 0 Å². The fraction of sp³-hybridized carbons (Fsp3) is 1.00. The third-order valence-electron chi connectivity index (χ3n) is 1.70. The number of alkyl halides is 1. The average molecular weight is 207 g/mol. The first-order valence-corrected chi connectivity index (χ1v) is 4.85. The summed E-state index contributed by atoms with van der Waals surface area (Å²) in [6, 6.07) is 0. The van der Waals surface area contributed by atoms with Crippen LogP contribution in [0, 0.1) is 5.92 Å². The summed E-state index contributed by atoms with van der Waals surface area (Å²) in [5, 5.41) is 0. The van der Waals surface area contributed by atoms with Gasteiger partial charge in [-0.3, -0.25) is 0 Å². The van der Waals surface area contributed by atoms with Crippen LogP contribution >= 0.6 is 15.9 Å². The number of ether oxygens (including phenoxy) is 1. The highest BCUT2D eigenvalue weighted by atomic mass is 79.9. The van der Waals surface area contributed by atoms with Gasteiger partial charge in [-0.1, -0.05) is 29.8 Å². The van der Waals surface area contributed by atoms with E-state index in [1.165, 1.54) is 12.8 Å². The van der Waals surface area contributed by atoms with Gasteiger partial charge in [0, 0.05) is 11.4 Å². The van der Waals surface area contributed by atoms with Crippen LogP contribution in [0.25, 0.3) is 0 Å². The molecule has 0 amide bonds. The molecule has 1 aliphatic carbocycles. The van der Waals surface area contributed by atoms with E-state index in [-0.39, 0.29) is 0 Å². The minimum absolute atomic E-state index is 0.548. The monoisotopic (exact) mass is 206 g/mol. The van der Waals surface area contributed by atoms with Crippen LogP contribution in [0.15, 0.2) is 0 Å². The molecule has 1 saturated carbocycles. The van der Waals surface area contributed by atoms with Gasteiger partial charge >= 0.3 is 0 Å². The summed E-state index contributed by atoms with van der Waals surface area (Å²) < 4.78 is 5.58. The third-order valence-corrected chi connectivity index (χ3v) is 2.45. The summed E-state index contributed by atoms with van der Waals surface area (Å²) in [7, 11) is 0. The molecule has 0 aromatic heterocycles. The van der Waals surface area contributed by atoms with Gasteiger partial charge in [-0.2, -0.15) is 0 Å². The Kier molecular flexibility index (Phi) is 3.18. The molecular formula is C8H15BrO. The highest BCUT2D eigenvalue weighted by molar-refractivity contribution is 9.09. The highest BCUT2D eigenvalue weighted by Gasteiger charge is 2.27. The molecule has 1 aliphatic rings. The quantitative estimate of drug-likeness (QED) is 0.646. The Morgan fingerprint density at radius 3 is 2.50 bits per heavy atom. The normalized spacial score (nSPS) is 32.4. The molecule has 0 aromatic carbocycles. The second-order valence-corrected chi connectivity index (χ2v) is 4.71. The molecule has 0 radical (unpaired) electrons. The van der Waals surface area contributed by atoms with Gasteiger partial charge in [-0.15, -0.1) is 0 Å². The molecule has 0 unspecified atom stereocenters. The number of rotatable bonds is 3. The Labute approximate surface area is 71.3 Å². The number of hydrogen-bond donors (Lipinski definition) is 0. The minimum atomic E-state index is 0.548. The zero-order chi connectivity index (χ0) is 7.56. The lowest BCUT2D eigenvalue weighted by atomic mass is 9.96. The van der Waals surface area contributed by atoms with Gasteiger partial charge in [0.15, 0.2) is 0 Å². The van der Waals surface area contributed by atoms with Crippen LogP contribution in [-0.4, -0.2) is 17.5 Å². The van der Waals surface area contributed by atoms with E-state index in [1.807, 2.05) is 0 Å². The predicted molar refractivity (Wildman–Crippen MR) is 46.5 cm³/mol. The predicted octanol–water partition coefficient (Wildman–Crippen LogP) is 2.58. The van der Waals surface area contributed by atoms with Gasteiger partial charge in [0.25, 0.3) is 0 Å². The first kappa shape index (κ1) is 8.54. The van der Waals surface area contributed by atoms with Gasteiger partial charge in [0.1, 0.15) is 0 Å². The molecule has 0 aliphatic heterocycles. The molecule has 0 bridgehead atoms. The largest absolute Gasteiger partial charge is 0.378 e. The van der Waals surface area contributed by atoms with E-state index in [4.69, 9.17) is 4.74 Å². The first-order valence-electron chi connectivity index (χ1n) is 3.94. The van der Waals surface area contributed by atoms with E-state index in [2.05, 4.69) is 29.8 Å². The molecule has 0 heterocycles. The lowest BCUT2D eigenvalue weighted by Gasteiger charge is -2.31. The Bertz CT molecular complexity index is 97.4. The van der Waals surface area contributed by atoms with Gasteiger partial charge in [0.2, 0.25) is 0 Å². The van der Waals surface area contributed by atoms with Gasteiger partial charge < -0.3 is 4.74 Å². The van der Waals surface area contributed by atoms with Crippen molar-refractivity contribution in [2.75, 3.05) is 6.61 Å². The molecule has 0 spiro atoms. The van der Waals surface area contributed by atoms with Gasteiger partial charge in [-0.25, -0.2) is 0 Å². The lowest BCUT2D eigenvalue weighted by Crippen LogP contribution is -2.32. The van der Waals surface area contributed by atoms with Crippen molar-refractivity contribution in [2.45, 2.75) is 37.6 Å². The molecule has 1 rings (SSSR count). The number of hydrogen-bond acceptors (Lipinski definition) is 1. The summed E-state index contributed by atoms with van der Waals surface area (Å²) in [5.41, 5.74) is 0. The SMILES string of the molecule is CC(C)COC1CC(Br)C1. The molecule has 0 aromatic rings. The van der Waals surface area contributed by atoms with Crippen LogP contribution in [-0.2, 0) is 4.74 Å². The summed E-state index contributed by atoms with van der Waals surface area (Å²) in [4.78, 5) is 0.727. The zero-order valence-corrected chi connectivity index (χ0v) is 8.23. The van der Waals surface area contributed by atoms with E-state index in [0.717, 1.165) is 11.4 Å². The summed E-state index contributed by atoms with van der Waals surface area (Å²) in [5.74, 6) is 0.675. The summed E-state index contributed by atoms with van der Waals surface area (Å²) in [6.45, 7) is 5.29. The van der Waals surface area contributed by atoms with Crippen LogP contribution in [0.4, 0.5) is 0 Å². The Morgan fingerprint density at radius 2 is 2.10 bits per heavy atom. The van der Waals surface area contributed by atoms with E-state index in [9.17, 15) is 0 Å². The zero-order valence-electron chi connectivity index (χ0n) is 6.64. The molecule has 10 heavy (non-hydrogen) atoms. The van der Waals surface area contributed by atoms with E-state index >= 15 is 0 Å². The van der Waals surface area contributed by atoms with Crippen molar-refractivity contribution in [1.29, 1.82) is 0 Å². The van der Waals surface area contributed by atoms with Crippen molar-refractivity contribution in [3.8, 4) is 0 Å². The average Bonchev–Trinajstić information content (AvgIpc) is 1.77. The van der Waals surface area contributed by atoms with E-state index in [0.29, 0.717) is 12.0 Å². The van der Waals surface area contributed by atoms with Crippen molar-refractivity contribution >= 4 is 15.9 Å². The number of halogens is 1. The second kappa shape index (κ2) is 3.72. The van der Waals surface area contributed by atoms with E-state index < -0.39 is 0 Å². The highest BCUT2D eigenvalue weighted by Crippen LogP contribution is 2.29. The maximum atomic E-state index is 5.58. The van der Waals surface area contributed by atoms with Crippen molar-refractivity contribution < 1.29 is 4.74 Å². The fourth-order valence-electron chi connectivity index (χ4n) is 0.966. The summed E-state index contributed by atoms with van der Waals surface area (Å²) >= 11 is 3.53. The van der Waals surface area contributed by atoms with Crippen molar-refractivity contribution in [3.05, 3.63) is 0 Å². The van der Waals surface area contributed by atoms with Crippen LogP contribution in [0.2, 0.25) is 0 Å². The van der Waals surface area contributed by atoms with Gasteiger partial charge in [0.05, 0.1) is 6.10 Å². The van der Waals surface area contributed by atoms with Crippen LogP contribution in [0.3, 0.4) is 0 Å². The molecule has 0 N–H and O–H groups in total. The van der Waals surface area contributed by atoms with Gasteiger partial charge in [-0.05, 0) is 18.8 Å². The molecule has 0 atom stereocenters. The molecule has 1 fully saturated rings. The van der Waals surface area contributed by atoms with Crippen molar-refractivity contribution in [2.24, 2.45) is 5.92 Å². The maximum absolute atomic E-state index is 5.58. The first-order chi connectivity index (χ1) is 4.68. The molecule has 1 nitrogen and oxygen atoms in total. The lowest BCUT2D eigenvalue weighted by molar-refractivity contribution is -0.00607. The smallest absolute Gasteiger partial charge is 0.0596 e. The Balaban J connectivity index is 1.95. The fourth-order valence-corrected chi connectivity index (χ4v) is 1.80. The van der Waals surface area contributed by atoms with Crippen molar-refractivity contribution in [1.82, 2.24) is 0 Å².